The molecule has 108 valence electrons. The van der Waals surface area contributed by atoms with E-state index in [0.29, 0.717) is 0 Å². The van der Waals surface area contributed by atoms with Gasteiger partial charge in [0.25, 0.3) is 0 Å². The van der Waals surface area contributed by atoms with Gasteiger partial charge in [-0.1, -0.05) is 13.2 Å². The minimum absolute atomic E-state index is 0.176. The molecule has 0 heterocycles. The zero-order chi connectivity index (χ0) is 15.8. The van der Waals surface area contributed by atoms with Crippen molar-refractivity contribution in [3.8, 4) is 0 Å². The molecule has 0 bridgehead atoms. The molecule has 2 N–H and O–H groups in total. The summed E-state index contributed by atoms with van der Waals surface area (Å²) in [6.45, 7) is 5.90. The summed E-state index contributed by atoms with van der Waals surface area (Å²) < 4.78 is 38.8. The Morgan fingerprint density at radius 2 is 1.53 bits per heavy atom. The second-order valence-electron chi connectivity index (χ2n) is 3.03. The monoisotopic (exact) mass is 284 g/mol. The third kappa shape index (κ3) is 10.5. The van der Waals surface area contributed by atoms with Gasteiger partial charge >= 0.3 is 24.1 Å². The predicted octanol–water partition coefficient (Wildman–Crippen LogP) is 1.38. The van der Waals surface area contributed by atoms with Gasteiger partial charge in [-0.05, 0) is 6.92 Å². The number of esters is 1. The molecule has 0 aliphatic rings. The molecule has 0 saturated heterocycles. The number of alkyl halides is 3. The zero-order valence-electron chi connectivity index (χ0n) is 9.78. The van der Waals surface area contributed by atoms with E-state index in [1.54, 1.807) is 0 Å². The molecule has 0 saturated carbocycles. The Morgan fingerprint density at radius 3 is 1.74 bits per heavy atom. The Balaban J connectivity index is 0. The summed E-state index contributed by atoms with van der Waals surface area (Å²) in [5.74, 6) is -4.26. The van der Waals surface area contributed by atoms with Crippen LogP contribution in [0.4, 0.5) is 13.2 Å². The average Bonchev–Trinajstić information content (AvgIpc) is 2.24. The van der Waals surface area contributed by atoms with E-state index in [-0.39, 0.29) is 5.57 Å². The molecule has 6 nitrogen and oxygen atoms in total. The topological polar surface area (TPSA) is 101 Å². The number of ether oxygens (including phenoxy) is 1. The molecule has 0 fully saturated rings. The SMILES string of the molecule is C=C(C(=O)OCC(=O)O)C(F)(F)F.C=C(C)C(=O)O. The fraction of sp³-hybridized carbons (Fsp3) is 0.300. The largest absolute Gasteiger partial charge is 0.479 e. The molecule has 0 radical (unpaired) electrons. The third-order valence-electron chi connectivity index (χ3n) is 1.28. The Hall–Kier alpha value is -2.32. The average molecular weight is 284 g/mol. The van der Waals surface area contributed by atoms with Crippen LogP contribution in [0.5, 0.6) is 0 Å². The van der Waals surface area contributed by atoms with Crippen molar-refractivity contribution in [2.45, 2.75) is 13.1 Å². The second kappa shape index (κ2) is 7.90. The van der Waals surface area contributed by atoms with Crippen molar-refractivity contribution in [1.29, 1.82) is 0 Å². The molecule has 0 aromatic carbocycles. The van der Waals surface area contributed by atoms with E-state index < -0.39 is 36.3 Å². The summed E-state index contributed by atoms with van der Waals surface area (Å²) in [5.41, 5.74) is -1.55. The van der Waals surface area contributed by atoms with Gasteiger partial charge in [-0.15, -0.1) is 0 Å². The van der Waals surface area contributed by atoms with Crippen LogP contribution in [0, 0.1) is 0 Å². The maximum absolute atomic E-state index is 11.7. The number of carboxylic acid groups (broad SMARTS) is 2. The molecule has 0 aromatic heterocycles. The molecule has 0 rings (SSSR count). The van der Waals surface area contributed by atoms with Crippen LogP contribution in [0.1, 0.15) is 6.92 Å². The minimum atomic E-state index is -4.89. The first-order valence-corrected chi connectivity index (χ1v) is 4.43. The Bertz CT molecular complexity index is 385. The lowest BCUT2D eigenvalue weighted by Crippen LogP contribution is -2.23. The lowest BCUT2D eigenvalue weighted by Gasteiger charge is -2.07. The summed E-state index contributed by atoms with van der Waals surface area (Å²) in [5, 5.41) is 15.9. The highest BCUT2D eigenvalue weighted by Crippen LogP contribution is 2.24. The van der Waals surface area contributed by atoms with Gasteiger partial charge in [-0.25, -0.2) is 14.4 Å². The van der Waals surface area contributed by atoms with E-state index in [4.69, 9.17) is 10.2 Å². The predicted molar refractivity (Wildman–Crippen MR) is 56.2 cm³/mol. The molecule has 19 heavy (non-hydrogen) atoms. The standard InChI is InChI=1S/C6H5F3O4.C4H6O2/c1-3(6(7,8)9)5(12)13-2-4(10)11;1-3(2)4(5)6/h1-2H2,(H,10,11);1H2,2H3,(H,5,6). The third-order valence-corrected chi connectivity index (χ3v) is 1.28. The number of hydrogen-bond donors (Lipinski definition) is 2. The summed E-state index contributed by atoms with van der Waals surface area (Å²) in [7, 11) is 0. The van der Waals surface area contributed by atoms with Crippen LogP contribution in [0.15, 0.2) is 24.3 Å². The lowest BCUT2D eigenvalue weighted by molar-refractivity contribution is -0.159. The fourth-order valence-corrected chi connectivity index (χ4v) is 0.330. The van der Waals surface area contributed by atoms with Crippen LogP contribution in [0.2, 0.25) is 0 Å². The van der Waals surface area contributed by atoms with Crippen LogP contribution in [0.25, 0.3) is 0 Å². The van der Waals surface area contributed by atoms with Crippen LogP contribution in [-0.4, -0.2) is 40.9 Å². The minimum Gasteiger partial charge on any atom is -0.479 e. The number of carbonyl (C=O) groups excluding carboxylic acids is 1. The van der Waals surface area contributed by atoms with Gasteiger partial charge < -0.3 is 14.9 Å². The summed E-state index contributed by atoms with van der Waals surface area (Å²) >= 11 is 0. The first-order chi connectivity index (χ1) is 8.39. The van der Waals surface area contributed by atoms with Crippen LogP contribution in [-0.2, 0) is 19.1 Å². The van der Waals surface area contributed by atoms with Gasteiger partial charge in [0.15, 0.2) is 6.61 Å². The van der Waals surface area contributed by atoms with Gasteiger partial charge in [-0.3, -0.25) is 0 Å². The molecule has 0 aliphatic heterocycles. The number of carbonyl (C=O) groups is 3. The van der Waals surface area contributed by atoms with Crippen molar-refractivity contribution in [2.24, 2.45) is 0 Å². The molecule has 0 spiro atoms. The number of aliphatic carboxylic acids is 2. The second-order valence-corrected chi connectivity index (χ2v) is 3.03. The molecule has 0 amide bonds. The van der Waals surface area contributed by atoms with E-state index in [0.717, 1.165) is 0 Å². The first kappa shape index (κ1) is 19.0. The van der Waals surface area contributed by atoms with Gasteiger partial charge in [0, 0.05) is 5.57 Å². The quantitative estimate of drug-likeness (QED) is 0.597. The van der Waals surface area contributed by atoms with E-state index in [1.807, 2.05) is 0 Å². The van der Waals surface area contributed by atoms with Crippen molar-refractivity contribution >= 4 is 17.9 Å². The normalized spacial score (nSPS) is 9.68. The maximum Gasteiger partial charge on any atom is 0.422 e. The summed E-state index contributed by atoms with van der Waals surface area (Å²) in [4.78, 5) is 29.8. The van der Waals surface area contributed by atoms with Crippen molar-refractivity contribution in [3.05, 3.63) is 24.3 Å². The van der Waals surface area contributed by atoms with Crippen molar-refractivity contribution < 1.29 is 42.5 Å². The molecule has 0 unspecified atom stereocenters. The number of halogens is 3. The molecule has 0 aliphatic carbocycles. The van der Waals surface area contributed by atoms with Gasteiger partial charge in [0.1, 0.15) is 5.57 Å². The highest BCUT2D eigenvalue weighted by Gasteiger charge is 2.38. The van der Waals surface area contributed by atoms with E-state index in [9.17, 15) is 27.6 Å². The number of rotatable bonds is 4. The molecule has 9 heteroatoms. The van der Waals surface area contributed by atoms with Crippen LogP contribution < -0.4 is 0 Å². The smallest absolute Gasteiger partial charge is 0.422 e. The van der Waals surface area contributed by atoms with Gasteiger partial charge in [0.2, 0.25) is 0 Å². The molecular formula is C10H11F3O6. The zero-order valence-corrected chi connectivity index (χ0v) is 9.78. The Kier molecular flexibility index (Phi) is 7.91. The molecule has 0 aromatic rings. The van der Waals surface area contributed by atoms with Crippen LogP contribution >= 0.6 is 0 Å². The first-order valence-electron chi connectivity index (χ1n) is 4.43. The highest BCUT2D eigenvalue weighted by atomic mass is 19.4. The van der Waals surface area contributed by atoms with Crippen molar-refractivity contribution in [2.75, 3.05) is 6.61 Å². The van der Waals surface area contributed by atoms with E-state index >= 15 is 0 Å². The number of hydrogen-bond acceptors (Lipinski definition) is 4. The number of carboxylic acids is 2. The Labute approximate surface area is 105 Å². The fourth-order valence-electron chi connectivity index (χ4n) is 0.330. The highest BCUT2D eigenvalue weighted by molar-refractivity contribution is 5.90. The van der Waals surface area contributed by atoms with Gasteiger partial charge in [0.05, 0.1) is 0 Å². The van der Waals surface area contributed by atoms with Crippen LogP contribution in [0.3, 0.4) is 0 Å². The lowest BCUT2D eigenvalue weighted by atomic mass is 10.3. The van der Waals surface area contributed by atoms with Crippen molar-refractivity contribution in [3.63, 3.8) is 0 Å². The van der Waals surface area contributed by atoms with E-state index in [1.165, 1.54) is 6.92 Å². The van der Waals surface area contributed by atoms with Gasteiger partial charge in [-0.2, -0.15) is 13.2 Å². The van der Waals surface area contributed by atoms with E-state index in [2.05, 4.69) is 17.9 Å². The summed E-state index contributed by atoms with van der Waals surface area (Å²) in [6, 6.07) is 0. The summed E-state index contributed by atoms with van der Waals surface area (Å²) in [6.07, 6.45) is -4.89. The van der Waals surface area contributed by atoms with Crippen molar-refractivity contribution in [1.82, 2.24) is 0 Å². The maximum atomic E-state index is 11.7. The molecular weight excluding hydrogens is 273 g/mol. The molecule has 0 atom stereocenters. The Morgan fingerprint density at radius 1 is 1.16 bits per heavy atom.